The summed E-state index contributed by atoms with van der Waals surface area (Å²) < 4.78 is 6.98. The van der Waals surface area contributed by atoms with Gasteiger partial charge in [0.05, 0.1) is 19.2 Å². The van der Waals surface area contributed by atoms with Crippen LogP contribution in [0.25, 0.3) is 11.0 Å². The summed E-state index contributed by atoms with van der Waals surface area (Å²) in [6, 6.07) is 17.8. The van der Waals surface area contributed by atoms with Gasteiger partial charge in [0.15, 0.2) is 0 Å². The summed E-state index contributed by atoms with van der Waals surface area (Å²) in [4.78, 5) is 30.1. The summed E-state index contributed by atoms with van der Waals surface area (Å²) in [5, 5.41) is 13.4. The number of methoxy groups -OCH3 is 1. The van der Waals surface area contributed by atoms with Gasteiger partial charge in [-0.05, 0) is 62.0 Å². The molecule has 0 fully saturated rings. The van der Waals surface area contributed by atoms with Crippen molar-refractivity contribution < 1.29 is 14.3 Å². The first-order chi connectivity index (χ1) is 16.7. The van der Waals surface area contributed by atoms with Crippen molar-refractivity contribution in [1.29, 1.82) is 0 Å². The van der Waals surface area contributed by atoms with Gasteiger partial charge in [0, 0.05) is 10.4 Å². The second-order valence-corrected chi connectivity index (χ2v) is 10.3. The fourth-order valence-electron chi connectivity index (χ4n) is 3.87. The van der Waals surface area contributed by atoms with Crippen LogP contribution >= 0.6 is 11.3 Å². The molecule has 182 valence electrons. The number of hydrogen-bond donors (Lipinski definition) is 1. The lowest BCUT2D eigenvalue weighted by molar-refractivity contribution is -0.142. The maximum absolute atomic E-state index is 13.9. The van der Waals surface area contributed by atoms with Crippen LogP contribution in [-0.2, 0) is 22.7 Å². The van der Waals surface area contributed by atoms with Crippen LogP contribution in [-0.4, -0.2) is 44.4 Å². The predicted octanol–water partition coefficient (Wildman–Crippen LogP) is 4.19. The molecule has 0 aliphatic rings. The van der Waals surface area contributed by atoms with Gasteiger partial charge in [0.2, 0.25) is 11.8 Å². The highest BCUT2D eigenvalue weighted by Gasteiger charge is 2.34. The van der Waals surface area contributed by atoms with Gasteiger partial charge < -0.3 is 15.0 Å². The van der Waals surface area contributed by atoms with E-state index in [-0.39, 0.29) is 24.9 Å². The quantitative estimate of drug-likeness (QED) is 0.399. The lowest BCUT2D eigenvalue weighted by Gasteiger charge is -2.33. The molecule has 0 aliphatic heterocycles. The number of hydrogen-bond acceptors (Lipinski definition) is 6. The van der Waals surface area contributed by atoms with Gasteiger partial charge in [-0.3, -0.25) is 9.59 Å². The molecule has 4 aromatic rings. The van der Waals surface area contributed by atoms with Crippen molar-refractivity contribution in [3.63, 3.8) is 0 Å². The van der Waals surface area contributed by atoms with Crippen molar-refractivity contribution in [1.82, 2.24) is 25.2 Å². The Labute approximate surface area is 208 Å². The van der Waals surface area contributed by atoms with Gasteiger partial charge in [0.25, 0.3) is 0 Å². The van der Waals surface area contributed by atoms with Crippen molar-refractivity contribution in [3.05, 3.63) is 76.5 Å². The number of rotatable bonds is 8. The van der Waals surface area contributed by atoms with Crippen LogP contribution in [0.15, 0.2) is 66.0 Å². The van der Waals surface area contributed by atoms with Crippen molar-refractivity contribution in [2.24, 2.45) is 0 Å². The van der Waals surface area contributed by atoms with Crippen LogP contribution in [0.3, 0.4) is 0 Å². The number of amides is 2. The van der Waals surface area contributed by atoms with Crippen LogP contribution in [0.2, 0.25) is 0 Å². The third-order valence-corrected chi connectivity index (χ3v) is 6.26. The van der Waals surface area contributed by atoms with Gasteiger partial charge in [-0.1, -0.05) is 35.5 Å². The molecule has 8 nitrogen and oxygen atoms in total. The maximum atomic E-state index is 13.9. The first kappa shape index (κ1) is 24.4. The van der Waals surface area contributed by atoms with E-state index >= 15 is 0 Å². The standard InChI is InChI=1S/C26H29N5O3S/c1-26(2,3)27-25(33)24(18-9-7-10-19(15-18)34-4)30(16-20-11-8-14-35-20)23(32)17-31-22-13-6-5-12-21(22)28-29-31/h5-15,24H,16-17H2,1-4H3,(H,27,33). The number of aromatic nitrogens is 3. The average Bonchev–Trinajstić information content (AvgIpc) is 3.48. The van der Waals surface area contributed by atoms with Crippen LogP contribution in [0, 0.1) is 0 Å². The molecule has 0 radical (unpaired) electrons. The number of benzene rings is 2. The predicted molar refractivity (Wildman–Crippen MR) is 136 cm³/mol. The maximum Gasteiger partial charge on any atom is 0.247 e. The Hall–Kier alpha value is -3.72. The lowest BCUT2D eigenvalue weighted by atomic mass is 10.0. The summed E-state index contributed by atoms with van der Waals surface area (Å²) in [5.74, 6) is 0.104. The van der Waals surface area contributed by atoms with Crippen LogP contribution in [0.4, 0.5) is 0 Å². The summed E-state index contributed by atoms with van der Waals surface area (Å²) in [6.07, 6.45) is 0. The van der Waals surface area contributed by atoms with E-state index in [0.717, 1.165) is 10.4 Å². The SMILES string of the molecule is COc1cccc(C(C(=O)NC(C)(C)C)N(Cc2cccs2)C(=O)Cn2nnc3ccccc32)c1. The zero-order valence-corrected chi connectivity index (χ0v) is 21.1. The fourth-order valence-corrected chi connectivity index (χ4v) is 4.57. The molecular formula is C26H29N5O3S. The number of carbonyl (C=O) groups excluding carboxylic acids is 2. The Bertz CT molecular complexity index is 1310. The molecule has 2 aromatic carbocycles. The second-order valence-electron chi connectivity index (χ2n) is 9.26. The van der Waals surface area contributed by atoms with Crippen molar-refractivity contribution in [3.8, 4) is 5.75 Å². The Morgan fingerprint density at radius 3 is 2.63 bits per heavy atom. The normalized spacial score (nSPS) is 12.3. The molecule has 2 amide bonds. The van der Waals surface area contributed by atoms with Gasteiger partial charge in [-0.2, -0.15) is 0 Å². The van der Waals surface area contributed by atoms with E-state index in [1.54, 1.807) is 22.8 Å². The monoisotopic (exact) mass is 491 g/mol. The molecule has 0 bridgehead atoms. The fraction of sp³-hybridized carbons (Fsp3) is 0.308. The molecule has 1 N–H and O–H groups in total. The van der Waals surface area contributed by atoms with E-state index in [2.05, 4.69) is 15.6 Å². The first-order valence-electron chi connectivity index (χ1n) is 11.3. The second kappa shape index (κ2) is 10.3. The van der Waals surface area contributed by atoms with Crippen LogP contribution in [0.1, 0.15) is 37.3 Å². The molecule has 4 rings (SSSR count). The summed E-state index contributed by atoms with van der Waals surface area (Å²) >= 11 is 1.54. The molecule has 0 saturated heterocycles. The van der Waals surface area contributed by atoms with E-state index in [9.17, 15) is 9.59 Å². The Morgan fingerprint density at radius 2 is 1.91 bits per heavy atom. The topological polar surface area (TPSA) is 89.4 Å². The van der Waals surface area contributed by atoms with E-state index in [4.69, 9.17) is 4.74 Å². The minimum Gasteiger partial charge on any atom is -0.497 e. The van der Waals surface area contributed by atoms with E-state index in [1.165, 1.54) is 11.3 Å². The molecule has 0 aliphatic carbocycles. The molecule has 1 atom stereocenters. The van der Waals surface area contributed by atoms with E-state index in [0.29, 0.717) is 16.8 Å². The van der Waals surface area contributed by atoms with Crippen molar-refractivity contribution in [2.45, 2.75) is 45.4 Å². The average molecular weight is 492 g/mol. The largest absolute Gasteiger partial charge is 0.497 e. The lowest BCUT2D eigenvalue weighted by Crippen LogP contribution is -2.49. The van der Waals surface area contributed by atoms with E-state index < -0.39 is 11.6 Å². The van der Waals surface area contributed by atoms with Crippen molar-refractivity contribution in [2.75, 3.05) is 7.11 Å². The number of thiophene rings is 1. The highest BCUT2D eigenvalue weighted by molar-refractivity contribution is 7.09. The van der Waals surface area contributed by atoms with E-state index in [1.807, 2.05) is 80.7 Å². The third-order valence-electron chi connectivity index (χ3n) is 5.40. The molecule has 2 aromatic heterocycles. The minimum atomic E-state index is -0.867. The van der Waals surface area contributed by atoms with Gasteiger partial charge in [0.1, 0.15) is 23.9 Å². The van der Waals surface area contributed by atoms with Gasteiger partial charge in [-0.25, -0.2) is 4.68 Å². The Morgan fingerprint density at radius 1 is 1.11 bits per heavy atom. The smallest absolute Gasteiger partial charge is 0.247 e. The number of para-hydroxylation sites is 1. The highest BCUT2D eigenvalue weighted by Crippen LogP contribution is 2.29. The molecule has 2 heterocycles. The molecular weight excluding hydrogens is 462 g/mol. The highest BCUT2D eigenvalue weighted by atomic mass is 32.1. The zero-order valence-electron chi connectivity index (χ0n) is 20.3. The number of ether oxygens (including phenoxy) is 1. The molecule has 1 unspecified atom stereocenters. The molecule has 9 heteroatoms. The summed E-state index contributed by atoms with van der Waals surface area (Å²) in [7, 11) is 1.58. The third kappa shape index (κ3) is 5.86. The molecule has 35 heavy (non-hydrogen) atoms. The van der Waals surface area contributed by atoms with Crippen molar-refractivity contribution >= 4 is 34.2 Å². The van der Waals surface area contributed by atoms with Crippen LogP contribution < -0.4 is 10.1 Å². The number of fused-ring (bicyclic) bond motifs is 1. The Kier molecular flexibility index (Phi) is 7.16. The number of carbonyl (C=O) groups is 2. The Balaban J connectivity index is 1.76. The molecule has 0 saturated carbocycles. The van der Waals surface area contributed by atoms with Gasteiger partial charge in [-0.15, -0.1) is 16.4 Å². The zero-order chi connectivity index (χ0) is 25.0. The first-order valence-corrected chi connectivity index (χ1v) is 12.2. The van der Waals surface area contributed by atoms with Crippen LogP contribution in [0.5, 0.6) is 5.75 Å². The summed E-state index contributed by atoms with van der Waals surface area (Å²) in [6.45, 7) is 5.99. The summed E-state index contributed by atoms with van der Waals surface area (Å²) in [5.41, 5.74) is 1.65. The number of nitrogens with one attached hydrogen (secondary N) is 1. The van der Waals surface area contributed by atoms with Gasteiger partial charge >= 0.3 is 0 Å². The number of nitrogens with zero attached hydrogens (tertiary/aromatic N) is 4. The minimum absolute atomic E-state index is 0.0465. The molecule has 0 spiro atoms.